The fourth-order valence-corrected chi connectivity index (χ4v) is 4.41. The number of nitrogens with zero attached hydrogens (tertiary/aromatic N) is 2. The van der Waals surface area contributed by atoms with Crippen LogP contribution in [0.5, 0.6) is 0 Å². The van der Waals surface area contributed by atoms with E-state index in [-0.39, 0.29) is 11.2 Å². The summed E-state index contributed by atoms with van der Waals surface area (Å²) in [7, 11) is 0. The number of nitrogens with one attached hydrogen (secondary N) is 1. The van der Waals surface area contributed by atoms with Crippen molar-refractivity contribution in [3.8, 4) is 5.69 Å². The highest BCUT2D eigenvalue weighted by Gasteiger charge is 2.30. The van der Waals surface area contributed by atoms with E-state index in [4.69, 9.17) is 5.10 Å². The van der Waals surface area contributed by atoms with E-state index in [1.165, 1.54) is 11.1 Å². The maximum atomic E-state index is 12.3. The second kappa shape index (κ2) is 6.41. The Bertz CT molecular complexity index is 933. The SMILES string of the molecule is Cc1cccc([C@@H]2SCC(=O)Nc3c2c(C)nn3-c2ccccc2)c1. The number of carbonyl (C=O) groups excluding carboxylic acids is 1. The van der Waals surface area contributed by atoms with Gasteiger partial charge in [0.1, 0.15) is 5.82 Å². The molecule has 2 aromatic carbocycles. The van der Waals surface area contributed by atoms with E-state index in [2.05, 4.69) is 36.5 Å². The van der Waals surface area contributed by atoms with E-state index in [0.29, 0.717) is 5.75 Å². The van der Waals surface area contributed by atoms with Gasteiger partial charge in [0.05, 0.1) is 22.4 Å². The summed E-state index contributed by atoms with van der Waals surface area (Å²) in [4.78, 5) is 12.3. The van der Waals surface area contributed by atoms with Gasteiger partial charge < -0.3 is 5.32 Å². The molecule has 0 aliphatic carbocycles. The molecular formula is C20H19N3OS. The Kier molecular flexibility index (Phi) is 4.09. The molecule has 1 aromatic heterocycles. The van der Waals surface area contributed by atoms with Crippen LogP contribution >= 0.6 is 11.8 Å². The second-order valence-corrected chi connectivity index (χ2v) is 7.34. The van der Waals surface area contributed by atoms with Crippen LogP contribution in [0.3, 0.4) is 0 Å². The lowest BCUT2D eigenvalue weighted by Crippen LogP contribution is -2.15. The number of para-hydroxylation sites is 1. The zero-order valence-electron chi connectivity index (χ0n) is 14.2. The predicted octanol–water partition coefficient (Wildman–Crippen LogP) is 4.26. The maximum absolute atomic E-state index is 12.3. The van der Waals surface area contributed by atoms with Crippen molar-refractivity contribution in [1.29, 1.82) is 0 Å². The van der Waals surface area contributed by atoms with Gasteiger partial charge in [-0.3, -0.25) is 4.79 Å². The minimum atomic E-state index is 0.0125. The molecule has 0 bridgehead atoms. The summed E-state index contributed by atoms with van der Waals surface area (Å²) in [6.45, 7) is 4.11. The zero-order valence-corrected chi connectivity index (χ0v) is 15.0. The van der Waals surface area contributed by atoms with Crippen LogP contribution in [-0.2, 0) is 4.79 Å². The molecule has 0 saturated carbocycles. The first-order valence-corrected chi connectivity index (χ1v) is 9.31. The minimum Gasteiger partial charge on any atom is -0.310 e. The summed E-state index contributed by atoms with van der Waals surface area (Å²) in [5.74, 6) is 1.23. The summed E-state index contributed by atoms with van der Waals surface area (Å²) >= 11 is 1.65. The molecule has 2 heterocycles. The number of hydrogen-bond donors (Lipinski definition) is 1. The van der Waals surface area contributed by atoms with Gasteiger partial charge in [-0.25, -0.2) is 4.68 Å². The molecule has 0 saturated heterocycles. The second-order valence-electron chi connectivity index (χ2n) is 6.25. The number of carbonyl (C=O) groups is 1. The molecule has 1 aliphatic rings. The first-order valence-electron chi connectivity index (χ1n) is 8.26. The molecule has 4 nitrogen and oxygen atoms in total. The zero-order chi connectivity index (χ0) is 17.4. The molecule has 1 atom stereocenters. The normalized spacial score (nSPS) is 16.9. The van der Waals surface area contributed by atoms with Crippen LogP contribution in [-0.4, -0.2) is 21.4 Å². The molecule has 4 rings (SSSR count). The van der Waals surface area contributed by atoms with Crippen LogP contribution in [0.25, 0.3) is 5.69 Å². The molecule has 0 unspecified atom stereocenters. The molecular weight excluding hydrogens is 330 g/mol. The van der Waals surface area contributed by atoms with Crippen molar-refractivity contribution in [3.63, 3.8) is 0 Å². The molecule has 0 fully saturated rings. The van der Waals surface area contributed by atoms with Crippen LogP contribution in [0.2, 0.25) is 0 Å². The first-order chi connectivity index (χ1) is 12.1. The van der Waals surface area contributed by atoms with Gasteiger partial charge in [-0.15, -0.1) is 11.8 Å². The lowest BCUT2D eigenvalue weighted by Gasteiger charge is -2.16. The average Bonchev–Trinajstić information content (AvgIpc) is 2.82. The van der Waals surface area contributed by atoms with E-state index in [1.54, 1.807) is 11.8 Å². The van der Waals surface area contributed by atoms with Gasteiger partial charge in [0, 0.05) is 5.56 Å². The molecule has 1 aliphatic heterocycles. The lowest BCUT2D eigenvalue weighted by atomic mass is 10.0. The third-order valence-corrected chi connectivity index (χ3v) is 5.62. The molecule has 0 spiro atoms. The van der Waals surface area contributed by atoms with Crippen LogP contribution in [0.15, 0.2) is 54.6 Å². The number of fused-ring (bicyclic) bond motifs is 1. The number of aryl methyl sites for hydroxylation is 2. The summed E-state index contributed by atoms with van der Waals surface area (Å²) < 4.78 is 1.84. The molecule has 25 heavy (non-hydrogen) atoms. The number of aromatic nitrogens is 2. The van der Waals surface area contributed by atoms with Crippen LogP contribution in [0, 0.1) is 13.8 Å². The number of amides is 1. The van der Waals surface area contributed by atoms with Crippen molar-refractivity contribution in [3.05, 3.63) is 77.0 Å². The Labute approximate surface area is 151 Å². The Morgan fingerprint density at radius 1 is 1.12 bits per heavy atom. The maximum Gasteiger partial charge on any atom is 0.235 e. The van der Waals surface area contributed by atoms with Crippen LogP contribution in [0.1, 0.15) is 27.6 Å². The van der Waals surface area contributed by atoms with Gasteiger partial charge >= 0.3 is 0 Å². The van der Waals surface area contributed by atoms with E-state index in [9.17, 15) is 4.79 Å². The highest BCUT2D eigenvalue weighted by molar-refractivity contribution is 8.00. The minimum absolute atomic E-state index is 0.0125. The van der Waals surface area contributed by atoms with Gasteiger partial charge in [-0.1, -0.05) is 48.0 Å². The van der Waals surface area contributed by atoms with Crippen molar-refractivity contribution in [2.75, 3.05) is 11.1 Å². The van der Waals surface area contributed by atoms with Gasteiger partial charge in [-0.05, 0) is 31.5 Å². The van der Waals surface area contributed by atoms with E-state index in [0.717, 1.165) is 22.8 Å². The molecule has 1 N–H and O–H groups in total. The number of benzene rings is 2. The smallest absolute Gasteiger partial charge is 0.235 e. The van der Waals surface area contributed by atoms with E-state index in [1.807, 2.05) is 41.9 Å². The first kappa shape index (κ1) is 16.0. The number of hydrogen-bond acceptors (Lipinski definition) is 3. The number of thioether (sulfide) groups is 1. The standard InChI is InChI=1S/C20H19N3OS/c1-13-7-6-8-15(11-13)19-18-14(2)22-23(16-9-4-3-5-10-16)20(18)21-17(24)12-25-19/h3-11,19H,12H2,1-2H3,(H,21,24)/t19-/m0/s1. The van der Waals surface area contributed by atoms with Crippen molar-refractivity contribution in [2.24, 2.45) is 0 Å². The van der Waals surface area contributed by atoms with Gasteiger partial charge in [0.15, 0.2) is 0 Å². The summed E-state index contributed by atoms with van der Waals surface area (Å²) in [5, 5.41) is 7.88. The molecule has 1 amide bonds. The van der Waals surface area contributed by atoms with Gasteiger partial charge in [0.2, 0.25) is 5.91 Å². The van der Waals surface area contributed by atoms with Gasteiger partial charge in [-0.2, -0.15) is 5.10 Å². The molecule has 126 valence electrons. The topological polar surface area (TPSA) is 46.9 Å². The molecule has 3 aromatic rings. The fraction of sp³-hybridized carbons (Fsp3) is 0.200. The average molecular weight is 349 g/mol. The number of anilines is 1. The Morgan fingerprint density at radius 3 is 2.68 bits per heavy atom. The summed E-state index contributed by atoms with van der Waals surface area (Å²) in [6.07, 6.45) is 0. The van der Waals surface area contributed by atoms with E-state index < -0.39 is 0 Å². The van der Waals surface area contributed by atoms with Crippen molar-refractivity contribution in [1.82, 2.24) is 9.78 Å². The Hall–Kier alpha value is -2.53. The quantitative estimate of drug-likeness (QED) is 0.752. The van der Waals surface area contributed by atoms with E-state index >= 15 is 0 Å². The van der Waals surface area contributed by atoms with Crippen LogP contribution < -0.4 is 5.32 Å². The number of rotatable bonds is 2. The van der Waals surface area contributed by atoms with Crippen molar-refractivity contribution < 1.29 is 4.79 Å². The third kappa shape index (κ3) is 2.96. The largest absolute Gasteiger partial charge is 0.310 e. The third-order valence-electron chi connectivity index (χ3n) is 4.35. The van der Waals surface area contributed by atoms with Crippen molar-refractivity contribution >= 4 is 23.5 Å². The lowest BCUT2D eigenvalue weighted by molar-refractivity contribution is -0.113. The highest BCUT2D eigenvalue weighted by atomic mass is 32.2. The van der Waals surface area contributed by atoms with Crippen LogP contribution in [0.4, 0.5) is 5.82 Å². The van der Waals surface area contributed by atoms with Gasteiger partial charge in [0.25, 0.3) is 0 Å². The Morgan fingerprint density at radius 2 is 1.92 bits per heavy atom. The summed E-state index contributed by atoms with van der Waals surface area (Å²) in [5.41, 5.74) is 5.40. The fourth-order valence-electron chi connectivity index (χ4n) is 3.24. The Balaban J connectivity index is 1.90. The van der Waals surface area contributed by atoms with Crippen molar-refractivity contribution in [2.45, 2.75) is 19.1 Å². The predicted molar refractivity (Wildman–Crippen MR) is 102 cm³/mol. The molecule has 0 radical (unpaired) electrons. The monoisotopic (exact) mass is 349 g/mol. The highest BCUT2D eigenvalue weighted by Crippen LogP contribution is 2.43. The molecule has 5 heteroatoms. The summed E-state index contributed by atoms with van der Waals surface area (Å²) in [6, 6.07) is 18.4.